The molecule has 0 aliphatic heterocycles. The molecule has 1 rings (SSSR count). The van der Waals surface area contributed by atoms with E-state index < -0.39 is 5.67 Å². The summed E-state index contributed by atoms with van der Waals surface area (Å²) in [7, 11) is 0. The molecule has 0 radical (unpaired) electrons. The van der Waals surface area contributed by atoms with Gasteiger partial charge in [-0.1, -0.05) is 41.9 Å². The van der Waals surface area contributed by atoms with Crippen molar-refractivity contribution >= 4 is 22.6 Å². The van der Waals surface area contributed by atoms with Gasteiger partial charge < -0.3 is 0 Å². The Morgan fingerprint density at radius 1 is 1.17 bits per heavy atom. The Morgan fingerprint density at radius 3 is 2.67 bits per heavy atom. The second-order valence-corrected chi connectivity index (χ2v) is 5.91. The van der Waals surface area contributed by atoms with Gasteiger partial charge in [-0.15, -0.1) is 0 Å². The van der Waals surface area contributed by atoms with Crippen LogP contribution in [0.3, 0.4) is 0 Å². The first-order valence-corrected chi connectivity index (χ1v) is 6.18. The molecule has 1 aliphatic carbocycles. The first kappa shape index (κ1) is 10.7. The molecule has 2 heteroatoms. The third-order valence-electron chi connectivity index (χ3n) is 2.69. The lowest BCUT2D eigenvalue weighted by Crippen LogP contribution is -2.18. The van der Waals surface area contributed by atoms with Crippen molar-refractivity contribution in [2.24, 2.45) is 0 Å². The molecule has 2 atom stereocenters. The molecular weight excluding hydrogens is 266 g/mol. The summed E-state index contributed by atoms with van der Waals surface area (Å²) in [6, 6.07) is 0. The molecule has 0 aromatic carbocycles. The number of rotatable bonds is 0. The number of hydrogen-bond donors (Lipinski definition) is 0. The lowest BCUT2D eigenvalue weighted by atomic mass is 9.96. The maximum Gasteiger partial charge on any atom is 0.108 e. The average Bonchev–Trinajstić information content (AvgIpc) is 2.05. The van der Waals surface area contributed by atoms with Crippen LogP contribution in [0.5, 0.6) is 0 Å². The van der Waals surface area contributed by atoms with Gasteiger partial charge in [-0.2, -0.15) is 0 Å². The summed E-state index contributed by atoms with van der Waals surface area (Å²) in [6.07, 6.45) is 7.49. The Labute approximate surface area is 88.4 Å². The maximum atomic E-state index is 13.7. The highest BCUT2D eigenvalue weighted by Crippen LogP contribution is 2.30. The van der Waals surface area contributed by atoms with E-state index in [9.17, 15) is 4.39 Å². The third-order valence-corrected chi connectivity index (χ3v) is 3.94. The molecule has 0 bridgehead atoms. The molecule has 0 saturated heterocycles. The van der Waals surface area contributed by atoms with Crippen LogP contribution in [0.1, 0.15) is 51.9 Å². The number of hydrogen-bond acceptors (Lipinski definition) is 0. The van der Waals surface area contributed by atoms with Gasteiger partial charge in [0.25, 0.3) is 0 Å². The Morgan fingerprint density at radius 2 is 1.92 bits per heavy atom. The molecular formula is C10H18FI. The zero-order valence-corrected chi connectivity index (χ0v) is 9.94. The Hall–Kier alpha value is 0.660. The van der Waals surface area contributed by atoms with E-state index in [0.29, 0.717) is 3.92 Å². The zero-order valence-electron chi connectivity index (χ0n) is 7.78. The lowest BCUT2D eigenvalue weighted by molar-refractivity contribution is 0.156. The van der Waals surface area contributed by atoms with Gasteiger partial charge in [-0.25, -0.2) is 4.39 Å². The molecule has 1 saturated carbocycles. The fourth-order valence-electron chi connectivity index (χ4n) is 1.76. The quantitative estimate of drug-likeness (QED) is 0.460. The first-order chi connectivity index (χ1) is 5.60. The van der Waals surface area contributed by atoms with Crippen molar-refractivity contribution in [3.05, 3.63) is 0 Å². The van der Waals surface area contributed by atoms with E-state index in [1.807, 2.05) is 0 Å². The highest BCUT2D eigenvalue weighted by Gasteiger charge is 2.24. The fourth-order valence-corrected chi connectivity index (χ4v) is 2.51. The van der Waals surface area contributed by atoms with Gasteiger partial charge in [0.15, 0.2) is 0 Å². The standard InChI is InChI=1S/C10H18FI/c1-10(11)7-4-2-3-5-9(12)6-8-10/h9H,2-8H2,1H3. The van der Waals surface area contributed by atoms with Crippen LogP contribution in [0.15, 0.2) is 0 Å². The van der Waals surface area contributed by atoms with E-state index in [1.54, 1.807) is 6.92 Å². The Balaban J connectivity index is 2.40. The van der Waals surface area contributed by atoms with Crippen LogP contribution in [0.2, 0.25) is 0 Å². The molecule has 0 amide bonds. The van der Waals surface area contributed by atoms with Gasteiger partial charge >= 0.3 is 0 Å². The summed E-state index contributed by atoms with van der Waals surface area (Å²) in [5.74, 6) is 0. The van der Waals surface area contributed by atoms with Gasteiger partial charge in [-0.3, -0.25) is 0 Å². The monoisotopic (exact) mass is 284 g/mol. The van der Waals surface area contributed by atoms with Crippen LogP contribution in [-0.4, -0.2) is 9.59 Å². The first-order valence-electron chi connectivity index (χ1n) is 4.93. The van der Waals surface area contributed by atoms with Crippen LogP contribution in [-0.2, 0) is 0 Å². The predicted octanol–water partition coefficient (Wildman–Crippen LogP) is 4.26. The molecule has 0 N–H and O–H groups in total. The molecule has 0 aromatic rings. The molecule has 2 unspecified atom stereocenters. The molecule has 1 fully saturated rings. The summed E-state index contributed by atoms with van der Waals surface area (Å²) in [5, 5.41) is 0. The topological polar surface area (TPSA) is 0 Å². The smallest absolute Gasteiger partial charge is 0.108 e. The van der Waals surface area contributed by atoms with Gasteiger partial charge in [0.2, 0.25) is 0 Å². The molecule has 72 valence electrons. The summed E-state index contributed by atoms with van der Waals surface area (Å²) < 4.78 is 14.4. The highest BCUT2D eigenvalue weighted by atomic mass is 127. The molecule has 12 heavy (non-hydrogen) atoms. The van der Waals surface area contributed by atoms with Crippen LogP contribution in [0.4, 0.5) is 4.39 Å². The normalized spacial score (nSPS) is 39.8. The maximum absolute atomic E-state index is 13.7. The second-order valence-electron chi connectivity index (χ2n) is 4.15. The van der Waals surface area contributed by atoms with E-state index in [2.05, 4.69) is 22.6 Å². The van der Waals surface area contributed by atoms with Crippen molar-refractivity contribution in [2.75, 3.05) is 0 Å². The number of halogens is 2. The minimum absolute atomic E-state index is 0.704. The fraction of sp³-hybridized carbons (Fsp3) is 1.00. The third kappa shape index (κ3) is 4.06. The predicted molar refractivity (Wildman–Crippen MR) is 59.6 cm³/mol. The summed E-state index contributed by atoms with van der Waals surface area (Å²) in [5.41, 5.74) is -0.881. The Kier molecular flexibility index (Phi) is 4.27. The van der Waals surface area contributed by atoms with E-state index in [0.717, 1.165) is 25.7 Å². The van der Waals surface area contributed by atoms with E-state index in [4.69, 9.17) is 0 Å². The highest BCUT2D eigenvalue weighted by molar-refractivity contribution is 14.1. The lowest BCUT2D eigenvalue weighted by Gasteiger charge is -2.19. The van der Waals surface area contributed by atoms with Crippen LogP contribution in [0.25, 0.3) is 0 Å². The second kappa shape index (κ2) is 4.77. The van der Waals surface area contributed by atoms with Crippen molar-refractivity contribution < 1.29 is 4.39 Å². The Bertz CT molecular complexity index is 134. The SMILES string of the molecule is CC1(F)CCCCCC(I)CC1. The molecule has 0 nitrogen and oxygen atoms in total. The molecule has 0 heterocycles. The minimum Gasteiger partial charge on any atom is -0.244 e. The van der Waals surface area contributed by atoms with E-state index >= 15 is 0 Å². The minimum atomic E-state index is -0.881. The van der Waals surface area contributed by atoms with Gasteiger partial charge in [0.05, 0.1) is 0 Å². The van der Waals surface area contributed by atoms with Gasteiger partial charge in [0.1, 0.15) is 5.67 Å². The van der Waals surface area contributed by atoms with E-state index in [1.165, 1.54) is 19.3 Å². The van der Waals surface area contributed by atoms with Crippen molar-refractivity contribution in [3.63, 3.8) is 0 Å². The number of alkyl halides is 2. The summed E-state index contributed by atoms with van der Waals surface area (Å²) in [4.78, 5) is 0. The van der Waals surface area contributed by atoms with Crippen LogP contribution >= 0.6 is 22.6 Å². The van der Waals surface area contributed by atoms with Crippen molar-refractivity contribution in [3.8, 4) is 0 Å². The largest absolute Gasteiger partial charge is 0.244 e. The summed E-state index contributed by atoms with van der Waals surface area (Å²) >= 11 is 2.47. The van der Waals surface area contributed by atoms with Crippen molar-refractivity contribution in [1.82, 2.24) is 0 Å². The van der Waals surface area contributed by atoms with Crippen LogP contribution in [0, 0.1) is 0 Å². The average molecular weight is 284 g/mol. The van der Waals surface area contributed by atoms with Crippen molar-refractivity contribution in [1.29, 1.82) is 0 Å². The van der Waals surface area contributed by atoms with Crippen LogP contribution < -0.4 is 0 Å². The van der Waals surface area contributed by atoms with E-state index in [-0.39, 0.29) is 0 Å². The molecule has 0 spiro atoms. The van der Waals surface area contributed by atoms with Crippen molar-refractivity contribution in [2.45, 2.75) is 61.5 Å². The zero-order chi connectivity index (χ0) is 9.03. The molecule has 0 aromatic heterocycles. The summed E-state index contributed by atoms with van der Waals surface area (Å²) in [6.45, 7) is 1.77. The van der Waals surface area contributed by atoms with Gasteiger partial charge in [0, 0.05) is 3.92 Å². The molecule has 1 aliphatic rings. The van der Waals surface area contributed by atoms with Gasteiger partial charge in [-0.05, 0) is 32.6 Å².